The zero-order chi connectivity index (χ0) is 14.6. The van der Waals surface area contributed by atoms with Crippen molar-refractivity contribution in [1.82, 2.24) is 9.97 Å². The molecule has 0 radical (unpaired) electrons. The van der Waals surface area contributed by atoms with Crippen molar-refractivity contribution >= 4 is 21.7 Å². The lowest BCUT2D eigenvalue weighted by atomic mass is 9.88. The summed E-state index contributed by atoms with van der Waals surface area (Å²) in [6.07, 6.45) is 0.734. The molecule has 0 aliphatic heterocycles. The number of methoxy groups -OCH3 is 1. The Bertz CT molecular complexity index is 429. The van der Waals surface area contributed by atoms with Gasteiger partial charge in [-0.25, -0.2) is 9.97 Å². The number of ether oxygens (including phenoxy) is 1. The van der Waals surface area contributed by atoms with Crippen LogP contribution in [0.1, 0.15) is 52.2 Å². The highest BCUT2D eigenvalue weighted by Gasteiger charge is 2.29. The number of nitrogens with zero attached hydrogens (tertiary/aromatic N) is 2. The number of aromatic nitrogens is 2. The molecule has 0 aliphatic carbocycles. The first-order valence-corrected chi connectivity index (χ1v) is 7.47. The van der Waals surface area contributed by atoms with E-state index in [9.17, 15) is 0 Å². The molecule has 0 aromatic carbocycles. The summed E-state index contributed by atoms with van der Waals surface area (Å²) in [5.74, 6) is 1.58. The quantitative estimate of drug-likeness (QED) is 0.887. The third kappa shape index (κ3) is 3.89. The smallest absolute Gasteiger partial charge is 0.160 e. The molecule has 1 N–H and O–H groups in total. The highest BCUT2D eigenvalue weighted by molar-refractivity contribution is 9.10. The fourth-order valence-electron chi connectivity index (χ4n) is 2.00. The predicted molar refractivity (Wildman–Crippen MR) is 82.5 cm³/mol. The maximum Gasteiger partial charge on any atom is 0.160 e. The van der Waals surface area contributed by atoms with E-state index in [0.717, 1.165) is 34.8 Å². The monoisotopic (exact) mass is 329 g/mol. The van der Waals surface area contributed by atoms with E-state index in [1.807, 2.05) is 0 Å². The molecular formula is C14H24BrN3O. The summed E-state index contributed by atoms with van der Waals surface area (Å²) in [5, 5.41) is 3.27. The first kappa shape index (κ1) is 16.4. The Balaban J connectivity index is 3.31. The van der Waals surface area contributed by atoms with Crippen molar-refractivity contribution in [2.24, 2.45) is 5.41 Å². The van der Waals surface area contributed by atoms with Gasteiger partial charge in [0.05, 0.1) is 10.2 Å². The number of rotatable bonds is 5. The molecule has 1 heterocycles. The molecule has 0 amide bonds. The summed E-state index contributed by atoms with van der Waals surface area (Å²) >= 11 is 3.57. The average Bonchev–Trinajstić information content (AvgIpc) is 2.32. The van der Waals surface area contributed by atoms with Gasteiger partial charge in [-0.05, 0) is 34.7 Å². The van der Waals surface area contributed by atoms with Crippen LogP contribution in [0.25, 0.3) is 0 Å². The van der Waals surface area contributed by atoms with Crippen LogP contribution < -0.4 is 5.32 Å². The highest BCUT2D eigenvalue weighted by Crippen LogP contribution is 2.35. The van der Waals surface area contributed by atoms with Crippen molar-refractivity contribution in [1.29, 1.82) is 0 Å². The Hall–Kier alpha value is -0.680. The summed E-state index contributed by atoms with van der Waals surface area (Å²) in [5.41, 5.74) is 0.962. The van der Waals surface area contributed by atoms with Crippen molar-refractivity contribution in [3.05, 3.63) is 16.0 Å². The molecule has 1 aromatic rings. The van der Waals surface area contributed by atoms with Crippen LogP contribution in [0.3, 0.4) is 0 Å². The molecule has 1 atom stereocenters. The van der Waals surface area contributed by atoms with Gasteiger partial charge < -0.3 is 10.1 Å². The van der Waals surface area contributed by atoms with Crippen molar-refractivity contribution in [2.45, 2.75) is 47.1 Å². The highest BCUT2D eigenvalue weighted by atomic mass is 79.9. The third-order valence-corrected chi connectivity index (χ3v) is 3.71. The number of aryl methyl sites for hydroxylation is 1. The predicted octanol–water partition coefficient (Wildman–Crippen LogP) is 3.97. The normalized spacial score (nSPS) is 13.4. The van der Waals surface area contributed by atoms with Crippen molar-refractivity contribution in [3.8, 4) is 0 Å². The molecule has 0 saturated carbocycles. The van der Waals surface area contributed by atoms with E-state index < -0.39 is 0 Å². The van der Waals surface area contributed by atoms with Crippen LogP contribution in [0.2, 0.25) is 0 Å². The largest absolute Gasteiger partial charge is 0.373 e. The number of hydrogen-bond acceptors (Lipinski definition) is 4. The average molecular weight is 330 g/mol. The molecule has 0 bridgehead atoms. The molecule has 1 unspecified atom stereocenters. The maximum absolute atomic E-state index is 5.61. The number of anilines is 1. The minimum absolute atomic E-state index is 0.0446. The summed E-state index contributed by atoms with van der Waals surface area (Å²) in [7, 11) is 1.71. The second kappa shape index (κ2) is 6.66. The van der Waals surface area contributed by atoms with E-state index in [4.69, 9.17) is 4.74 Å². The SMILES string of the molecule is CCNc1nc(C(OC)C(C)(C)C)nc(CC)c1Br. The molecule has 0 spiro atoms. The van der Waals surface area contributed by atoms with E-state index in [0.29, 0.717) is 0 Å². The third-order valence-electron chi connectivity index (χ3n) is 2.87. The molecule has 5 heteroatoms. The van der Waals surface area contributed by atoms with Gasteiger partial charge in [0.15, 0.2) is 5.82 Å². The van der Waals surface area contributed by atoms with Crippen LogP contribution in [0.15, 0.2) is 4.47 Å². The second-order valence-electron chi connectivity index (χ2n) is 5.56. The maximum atomic E-state index is 5.61. The van der Waals surface area contributed by atoms with Crippen molar-refractivity contribution in [2.75, 3.05) is 19.0 Å². The first-order chi connectivity index (χ1) is 8.85. The molecule has 0 saturated heterocycles. The van der Waals surface area contributed by atoms with Gasteiger partial charge in [0.2, 0.25) is 0 Å². The lowest BCUT2D eigenvalue weighted by Crippen LogP contribution is -2.23. The van der Waals surface area contributed by atoms with E-state index in [-0.39, 0.29) is 11.5 Å². The van der Waals surface area contributed by atoms with Gasteiger partial charge >= 0.3 is 0 Å². The fourth-order valence-corrected chi connectivity index (χ4v) is 2.59. The molecule has 0 fully saturated rings. The van der Waals surface area contributed by atoms with Crippen molar-refractivity contribution in [3.63, 3.8) is 0 Å². The Labute approximate surface area is 124 Å². The Morgan fingerprint density at radius 3 is 2.32 bits per heavy atom. The van der Waals surface area contributed by atoms with Crippen molar-refractivity contribution < 1.29 is 4.74 Å². The van der Waals surface area contributed by atoms with Gasteiger partial charge in [0, 0.05) is 13.7 Å². The van der Waals surface area contributed by atoms with Gasteiger partial charge in [0.25, 0.3) is 0 Å². The molecular weight excluding hydrogens is 306 g/mol. The lowest BCUT2D eigenvalue weighted by molar-refractivity contribution is 0.00859. The zero-order valence-corrected chi connectivity index (χ0v) is 14.3. The number of nitrogens with one attached hydrogen (secondary N) is 1. The van der Waals surface area contributed by atoms with Crippen LogP contribution in [-0.4, -0.2) is 23.6 Å². The van der Waals surface area contributed by atoms with Crippen LogP contribution in [0.5, 0.6) is 0 Å². The summed E-state index contributed by atoms with van der Waals surface area (Å²) < 4.78 is 6.55. The number of halogens is 1. The molecule has 108 valence electrons. The zero-order valence-electron chi connectivity index (χ0n) is 12.7. The van der Waals surface area contributed by atoms with E-state index in [1.54, 1.807) is 7.11 Å². The van der Waals surface area contributed by atoms with Crippen LogP contribution in [-0.2, 0) is 11.2 Å². The van der Waals surface area contributed by atoms with Crippen LogP contribution >= 0.6 is 15.9 Å². The molecule has 1 rings (SSSR count). The number of hydrogen-bond donors (Lipinski definition) is 1. The topological polar surface area (TPSA) is 47.0 Å². The first-order valence-electron chi connectivity index (χ1n) is 6.68. The minimum Gasteiger partial charge on any atom is -0.373 e. The van der Waals surface area contributed by atoms with Gasteiger partial charge in [-0.1, -0.05) is 27.7 Å². The molecule has 1 aromatic heterocycles. The summed E-state index contributed by atoms with van der Waals surface area (Å²) in [4.78, 5) is 9.26. The summed E-state index contributed by atoms with van der Waals surface area (Å²) in [6, 6.07) is 0. The Morgan fingerprint density at radius 2 is 1.89 bits per heavy atom. The van der Waals surface area contributed by atoms with Gasteiger partial charge in [-0.2, -0.15) is 0 Å². The lowest BCUT2D eigenvalue weighted by Gasteiger charge is -2.28. The molecule has 19 heavy (non-hydrogen) atoms. The van der Waals surface area contributed by atoms with Gasteiger partial charge in [-0.15, -0.1) is 0 Å². The van der Waals surface area contributed by atoms with Crippen LogP contribution in [0, 0.1) is 5.41 Å². The van der Waals surface area contributed by atoms with E-state index >= 15 is 0 Å². The second-order valence-corrected chi connectivity index (χ2v) is 6.35. The Kier molecular flexibility index (Phi) is 5.74. The minimum atomic E-state index is -0.122. The standard InChI is InChI=1S/C14H24BrN3O/c1-7-9-10(15)12(16-8-2)18-13(17-9)11(19-6)14(3,4)5/h11H,7-8H2,1-6H3,(H,16,17,18). The fraction of sp³-hybridized carbons (Fsp3) is 0.714. The van der Waals surface area contributed by atoms with E-state index in [2.05, 4.69) is 65.8 Å². The molecule has 4 nitrogen and oxygen atoms in total. The van der Waals surface area contributed by atoms with E-state index in [1.165, 1.54) is 0 Å². The Morgan fingerprint density at radius 1 is 1.26 bits per heavy atom. The summed E-state index contributed by atoms with van der Waals surface area (Å²) in [6.45, 7) is 11.4. The molecule has 0 aliphatic rings. The van der Waals surface area contributed by atoms with Crippen LogP contribution in [0.4, 0.5) is 5.82 Å². The van der Waals surface area contributed by atoms with Gasteiger partial charge in [0.1, 0.15) is 11.9 Å². The van der Waals surface area contributed by atoms with Gasteiger partial charge in [-0.3, -0.25) is 0 Å².